The third-order valence-corrected chi connectivity index (χ3v) is 8.32. The Morgan fingerprint density at radius 2 is 1.94 bits per heavy atom. The lowest BCUT2D eigenvalue weighted by atomic mass is 10.1. The molecule has 1 aromatic carbocycles. The quantitative estimate of drug-likeness (QED) is 0.156. The number of likely N-dealkylation sites (tertiary alicyclic amines) is 1. The Labute approximate surface area is 200 Å². The van der Waals surface area contributed by atoms with Crippen molar-refractivity contribution in [2.75, 3.05) is 25.2 Å². The van der Waals surface area contributed by atoms with Gasteiger partial charge in [0.1, 0.15) is 11.3 Å². The van der Waals surface area contributed by atoms with Crippen LogP contribution in [0.4, 0.5) is 5.69 Å². The van der Waals surface area contributed by atoms with Gasteiger partial charge in [-0.25, -0.2) is 0 Å². The van der Waals surface area contributed by atoms with Gasteiger partial charge in [-0.2, -0.15) is 0 Å². The van der Waals surface area contributed by atoms with E-state index in [2.05, 4.69) is 29.8 Å². The average Bonchev–Trinajstić information content (AvgIpc) is 3.22. The molecule has 0 aromatic heterocycles. The molecule has 0 aliphatic carbocycles. The van der Waals surface area contributed by atoms with Gasteiger partial charge in [-0.3, -0.25) is 14.9 Å². The van der Waals surface area contributed by atoms with Gasteiger partial charge in [-0.05, 0) is 38.2 Å². The summed E-state index contributed by atoms with van der Waals surface area (Å²) in [5.41, 5.74) is -0.255. The van der Waals surface area contributed by atoms with E-state index < -0.39 is 4.92 Å². The van der Waals surface area contributed by atoms with Gasteiger partial charge in [0, 0.05) is 17.1 Å². The molecule has 1 aliphatic rings. The summed E-state index contributed by atoms with van der Waals surface area (Å²) in [6.07, 6.45) is 1.79. The summed E-state index contributed by atoms with van der Waals surface area (Å²) in [4.78, 5) is 26.6. The Balaban J connectivity index is 2.47. The molecule has 10 heteroatoms. The largest absolute Gasteiger partial charge is 0.493 e. The third-order valence-electron chi connectivity index (χ3n) is 4.99. The summed E-state index contributed by atoms with van der Waals surface area (Å²) < 4.78 is 12.1. The second kappa shape index (κ2) is 12.0. The number of benzene rings is 1. The van der Waals surface area contributed by atoms with Crippen LogP contribution in [0.5, 0.6) is 11.5 Å². The van der Waals surface area contributed by atoms with E-state index in [0.29, 0.717) is 12.3 Å². The topological polar surface area (TPSA) is 81.9 Å². The molecule has 1 heterocycles. The highest BCUT2D eigenvalue weighted by molar-refractivity contribution is 9.11. The predicted molar refractivity (Wildman–Crippen MR) is 132 cm³/mol. The fraction of sp³-hybridized carbons (Fsp3) is 0.571. The molecule has 0 N–H and O–H groups in total. The maximum absolute atomic E-state index is 13.5. The Kier molecular flexibility index (Phi) is 10.0. The zero-order valence-corrected chi connectivity index (χ0v) is 21.7. The number of nitro groups is 1. The number of nitrogens with zero attached hydrogens (tertiary/aromatic N) is 2. The van der Waals surface area contributed by atoms with Crippen molar-refractivity contribution < 1.29 is 19.2 Å². The van der Waals surface area contributed by atoms with Crippen LogP contribution in [0.1, 0.15) is 50.9 Å². The van der Waals surface area contributed by atoms with Crippen molar-refractivity contribution in [2.45, 2.75) is 51.2 Å². The number of nitro benzene ring substituents is 1. The fourth-order valence-corrected chi connectivity index (χ4v) is 6.38. The van der Waals surface area contributed by atoms with Crippen molar-refractivity contribution in [3.05, 3.63) is 38.1 Å². The zero-order chi connectivity index (χ0) is 23.1. The monoisotopic (exact) mass is 532 g/mol. The Bertz CT molecular complexity index is 839. The van der Waals surface area contributed by atoms with E-state index in [1.807, 2.05) is 23.5 Å². The molecule has 172 valence electrons. The summed E-state index contributed by atoms with van der Waals surface area (Å²) in [5, 5.41) is 11.8. The number of amides is 1. The first-order chi connectivity index (χ1) is 14.7. The van der Waals surface area contributed by atoms with Gasteiger partial charge in [-0.1, -0.05) is 29.8 Å². The molecule has 1 fully saturated rings. The van der Waals surface area contributed by atoms with Gasteiger partial charge < -0.3 is 14.4 Å². The third kappa shape index (κ3) is 6.32. The minimum Gasteiger partial charge on any atom is -0.493 e. The minimum atomic E-state index is -0.538. The van der Waals surface area contributed by atoms with E-state index in [1.54, 1.807) is 18.7 Å². The minimum absolute atomic E-state index is 0.0278. The van der Waals surface area contributed by atoms with Crippen molar-refractivity contribution in [1.82, 2.24) is 4.90 Å². The standard InChI is InChI=1S/C21H29BrN2O5S2/c1-6-30-21(31-7-2)16-9-8-10-23(16)20(25)15-11-18(28-5)19(12-17(15)24(26)27)29-14(4)13(3)22/h11-12,16,21H,6-10H2,1-5H3/b14-13-/t16-/m0/s1. The summed E-state index contributed by atoms with van der Waals surface area (Å²) >= 11 is 6.99. The van der Waals surface area contributed by atoms with Crippen LogP contribution in [0, 0.1) is 10.1 Å². The van der Waals surface area contributed by atoms with E-state index in [1.165, 1.54) is 19.2 Å². The lowest BCUT2D eigenvalue weighted by Gasteiger charge is -2.31. The van der Waals surface area contributed by atoms with Crippen LogP contribution in [0.2, 0.25) is 0 Å². The van der Waals surface area contributed by atoms with Crippen LogP contribution in [-0.4, -0.2) is 51.5 Å². The SMILES string of the molecule is CCSC(SCC)[C@@H]1CCCN1C(=O)c1cc(OC)c(O/C(C)=C(/C)Br)cc1[N+](=O)[O-]. The van der Waals surface area contributed by atoms with E-state index in [0.717, 1.165) is 28.8 Å². The van der Waals surface area contributed by atoms with E-state index >= 15 is 0 Å². The van der Waals surface area contributed by atoms with Crippen LogP contribution in [0.25, 0.3) is 0 Å². The van der Waals surface area contributed by atoms with E-state index in [9.17, 15) is 14.9 Å². The maximum Gasteiger partial charge on any atom is 0.286 e. The van der Waals surface area contributed by atoms with Gasteiger partial charge in [0.05, 0.1) is 28.7 Å². The number of carbonyl (C=O) groups excluding carboxylic acids is 1. The highest BCUT2D eigenvalue weighted by Gasteiger charge is 2.38. The van der Waals surface area contributed by atoms with Crippen molar-refractivity contribution in [3.8, 4) is 11.5 Å². The number of halogens is 1. The molecule has 1 atom stereocenters. The van der Waals surface area contributed by atoms with Gasteiger partial charge in [-0.15, -0.1) is 23.5 Å². The van der Waals surface area contributed by atoms with Crippen molar-refractivity contribution in [1.29, 1.82) is 0 Å². The van der Waals surface area contributed by atoms with Crippen molar-refractivity contribution in [3.63, 3.8) is 0 Å². The van der Waals surface area contributed by atoms with E-state index in [-0.39, 0.29) is 39.3 Å². The van der Waals surface area contributed by atoms with Crippen LogP contribution < -0.4 is 9.47 Å². The Morgan fingerprint density at radius 3 is 2.45 bits per heavy atom. The molecule has 0 radical (unpaired) electrons. The molecular weight excluding hydrogens is 504 g/mol. The number of hydrogen-bond donors (Lipinski definition) is 0. The first kappa shape index (κ1) is 25.9. The molecule has 0 saturated carbocycles. The first-order valence-electron chi connectivity index (χ1n) is 10.2. The average molecular weight is 534 g/mol. The van der Waals surface area contributed by atoms with E-state index in [4.69, 9.17) is 9.47 Å². The smallest absolute Gasteiger partial charge is 0.286 e. The van der Waals surface area contributed by atoms with Gasteiger partial charge >= 0.3 is 0 Å². The molecule has 31 heavy (non-hydrogen) atoms. The zero-order valence-electron chi connectivity index (χ0n) is 18.5. The van der Waals surface area contributed by atoms with Gasteiger partial charge in [0.25, 0.3) is 11.6 Å². The Morgan fingerprint density at radius 1 is 1.29 bits per heavy atom. The number of carbonyl (C=O) groups is 1. The number of allylic oxidation sites excluding steroid dienone is 2. The second-order valence-electron chi connectivity index (χ2n) is 6.96. The summed E-state index contributed by atoms with van der Waals surface area (Å²) in [7, 11) is 1.45. The summed E-state index contributed by atoms with van der Waals surface area (Å²) in [6.45, 7) is 8.35. The first-order valence-corrected chi connectivity index (χ1v) is 13.1. The lowest BCUT2D eigenvalue weighted by Crippen LogP contribution is -2.41. The van der Waals surface area contributed by atoms with Crippen LogP contribution in [0.15, 0.2) is 22.4 Å². The molecule has 0 unspecified atom stereocenters. The van der Waals surface area contributed by atoms with Gasteiger partial charge in [0.15, 0.2) is 11.5 Å². The molecule has 2 rings (SSSR count). The number of ether oxygens (including phenoxy) is 2. The van der Waals surface area contributed by atoms with Crippen LogP contribution in [-0.2, 0) is 0 Å². The van der Waals surface area contributed by atoms with Gasteiger partial charge in [0.2, 0.25) is 0 Å². The fourth-order valence-electron chi connectivity index (χ4n) is 3.43. The van der Waals surface area contributed by atoms with Crippen LogP contribution in [0.3, 0.4) is 0 Å². The lowest BCUT2D eigenvalue weighted by molar-refractivity contribution is -0.385. The number of thioether (sulfide) groups is 2. The molecule has 7 nitrogen and oxygen atoms in total. The maximum atomic E-state index is 13.5. The number of methoxy groups -OCH3 is 1. The van der Waals surface area contributed by atoms with Crippen molar-refractivity contribution >= 4 is 51.0 Å². The Hall–Kier alpha value is -1.39. The molecule has 1 aromatic rings. The molecule has 0 bridgehead atoms. The highest BCUT2D eigenvalue weighted by Crippen LogP contribution is 2.40. The molecule has 1 saturated heterocycles. The summed E-state index contributed by atoms with van der Waals surface area (Å²) in [5.74, 6) is 2.59. The number of hydrogen-bond acceptors (Lipinski definition) is 7. The predicted octanol–water partition coefficient (Wildman–Crippen LogP) is 6.07. The van der Waals surface area contributed by atoms with Crippen molar-refractivity contribution in [2.24, 2.45) is 0 Å². The molecule has 1 aliphatic heterocycles. The molecule has 1 amide bonds. The number of rotatable bonds is 10. The second-order valence-corrected chi connectivity index (χ2v) is 11.3. The molecule has 0 spiro atoms. The molecular formula is C21H29BrN2O5S2. The summed E-state index contributed by atoms with van der Waals surface area (Å²) in [6, 6.07) is 2.75. The normalized spacial score (nSPS) is 17.0. The van der Waals surface area contributed by atoms with Crippen LogP contribution >= 0.6 is 39.5 Å². The highest BCUT2D eigenvalue weighted by atomic mass is 79.9.